The molecule has 21 heavy (non-hydrogen) atoms. The molecule has 1 heterocycles. The molecule has 0 radical (unpaired) electrons. The van der Waals surface area contributed by atoms with Crippen molar-refractivity contribution in [2.24, 2.45) is 0 Å². The molecule has 1 saturated heterocycles. The highest BCUT2D eigenvalue weighted by Crippen LogP contribution is 2.41. The van der Waals surface area contributed by atoms with Gasteiger partial charge in [0.05, 0.1) is 4.92 Å². The van der Waals surface area contributed by atoms with Crippen molar-refractivity contribution in [3.63, 3.8) is 0 Å². The van der Waals surface area contributed by atoms with Crippen LogP contribution in [-0.2, 0) is 6.42 Å². The Morgan fingerprint density at radius 2 is 2.29 bits per heavy atom. The molecule has 0 amide bonds. The first-order valence-corrected chi connectivity index (χ1v) is 6.86. The fraction of sp³-hybridized carbons (Fsp3) is 0.500. The minimum Gasteiger partial charge on any atom is -0.449 e. The summed E-state index contributed by atoms with van der Waals surface area (Å²) in [6, 6.07) is 2.65. The van der Waals surface area contributed by atoms with E-state index >= 15 is 0 Å². The summed E-state index contributed by atoms with van der Waals surface area (Å²) in [6.07, 6.45) is 0.847. The summed E-state index contributed by atoms with van der Waals surface area (Å²) in [5.74, 6) is 0.198. The average molecular weight is 294 g/mol. The fourth-order valence-electron chi connectivity index (χ4n) is 3.00. The summed E-state index contributed by atoms with van der Waals surface area (Å²) in [4.78, 5) is 23.7. The van der Waals surface area contributed by atoms with Gasteiger partial charge in [0.25, 0.3) is 5.69 Å². The number of likely N-dealkylation sites (tertiary alicyclic amines) is 1. The van der Waals surface area contributed by atoms with Crippen LogP contribution < -0.4 is 4.74 Å². The normalized spacial score (nSPS) is 18.7. The largest absolute Gasteiger partial charge is 0.511 e. The second-order valence-electron chi connectivity index (χ2n) is 5.09. The summed E-state index contributed by atoms with van der Waals surface area (Å²) in [5, 5.41) is 20.1. The minimum absolute atomic E-state index is 0.0190. The maximum Gasteiger partial charge on any atom is 0.511 e. The number of carbonyl (C=O) groups is 1. The quantitative estimate of drug-likeness (QED) is 0.397. The summed E-state index contributed by atoms with van der Waals surface area (Å²) < 4.78 is 4.85. The Morgan fingerprint density at radius 3 is 2.76 bits per heavy atom. The lowest BCUT2D eigenvalue weighted by Crippen LogP contribution is -2.21. The van der Waals surface area contributed by atoms with Gasteiger partial charge in [0, 0.05) is 23.2 Å². The van der Waals surface area contributed by atoms with E-state index in [1.54, 1.807) is 0 Å². The molecule has 0 bridgehead atoms. The zero-order valence-corrected chi connectivity index (χ0v) is 12.0. The maximum atomic E-state index is 11.2. The number of nitro groups is 1. The van der Waals surface area contributed by atoms with E-state index in [4.69, 9.17) is 9.84 Å². The molecule has 0 saturated carbocycles. The molecule has 1 aliphatic rings. The molecule has 1 aliphatic heterocycles. The van der Waals surface area contributed by atoms with Crippen molar-refractivity contribution in [2.75, 3.05) is 13.6 Å². The molecule has 1 aromatic rings. The van der Waals surface area contributed by atoms with Gasteiger partial charge in [-0.3, -0.25) is 15.0 Å². The van der Waals surface area contributed by atoms with Gasteiger partial charge in [-0.1, -0.05) is 6.92 Å². The van der Waals surface area contributed by atoms with E-state index in [-0.39, 0.29) is 17.5 Å². The van der Waals surface area contributed by atoms with E-state index in [9.17, 15) is 14.9 Å². The van der Waals surface area contributed by atoms with Crippen LogP contribution >= 0.6 is 0 Å². The third-order valence-electron chi connectivity index (χ3n) is 3.89. The molecule has 1 unspecified atom stereocenters. The topological polar surface area (TPSA) is 92.9 Å². The van der Waals surface area contributed by atoms with Crippen molar-refractivity contribution in [3.05, 3.63) is 33.4 Å². The van der Waals surface area contributed by atoms with Gasteiger partial charge in [0.15, 0.2) is 0 Å². The number of hydrogen-bond donors (Lipinski definition) is 1. The molecule has 1 N–H and O–H groups in total. The first-order valence-electron chi connectivity index (χ1n) is 6.86. The van der Waals surface area contributed by atoms with Crippen LogP contribution in [0.3, 0.4) is 0 Å². The van der Waals surface area contributed by atoms with E-state index in [1.165, 1.54) is 12.1 Å². The molecule has 0 aromatic heterocycles. The van der Waals surface area contributed by atoms with E-state index in [0.717, 1.165) is 19.4 Å². The van der Waals surface area contributed by atoms with Crippen molar-refractivity contribution in [3.8, 4) is 5.75 Å². The van der Waals surface area contributed by atoms with Gasteiger partial charge in [0.1, 0.15) is 5.75 Å². The molecule has 1 atom stereocenters. The minimum atomic E-state index is -1.41. The zero-order chi connectivity index (χ0) is 15.6. The average Bonchev–Trinajstić information content (AvgIpc) is 2.83. The fourth-order valence-corrected chi connectivity index (χ4v) is 3.00. The number of nitro benzene ring substituents is 1. The Kier molecular flexibility index (Phi) is 4.42. The van der Waals surface area contributed by atoms with E-state index in [1.807, 2.05) is 14.0 Å². The lowest BCUT2D eigenvalue weighted by atomic mass is 9.94. The molecule has 1 aromatic carbocycles. The standard InChI is InChI=1S/C14H18N2O5/c1-3-9-10(16(19)20)6-7-12(21-14(17)18)13(9)11-5-4-8-15(11)2/h6-7,11H,3-5,8H2,1-2H3,(H,17,18). The molecule has 1 fully saturated rings. The molecule has 7 nitrogen and oxygen atoms in total. The second-order valence-corrected chi connectivity index (χ2v) is 5.09. The van der Waals surface area contributed by atoms with Crippen LogP contribution in [0, 0.1) is 10.1 Å². The van der Waals surface area contributed by atoms with Crippen molar-refractivity contribution < 1.29 is 19.6 Å². The maximum absolute atomic E-state index is 11.2. The second kappa shape index (κ2) is 6.09. The molecule has 7 heteroatoms. The number of benzene rings is 1. The first-order chi connectivity index (χ1) is 9.95. The van der Waals surface area contributed by atoms with Crippen LogP contribution in [0.5, 0.6) is 5.75 Å². The van der Waals surface area contributed by atoms with Crippen LogP contribution in [0.1, 0.15) is 36.9 Å². The van der Waals surface area contributed by atoms with E-state index < -0.39 is 11.1 Å². The van der Waals surface area contributed by atoms with Crippen LogP contribution in [0.25, 0.3) is 0 Å². The lowest BCUT2D eigenvalue weighted by Gasteiger charge is -2.24. The highest BCUT2D eigenvalue weighted by Gasteiger charge is 2.31. The van der Waals surface area contributed by atoms with Gasteiger partial charge < -0.3 is 9.84 Å². The number of carboxylic acid groups (broad SMARTS) is 1. The van der Waals surface area contributed by atoms with Crippen molar-refractivity contribution in [1.82, 2.24) is 4.90 Å². The number of rotatable bonds is 4. The van der Waals surface area contributed by atoms with Crippen LogP contribution in [0.2, 0.25) is 0 Å². The van der Waals surface area contributed by atoms with Crippen LogP contribution in [0.15, 0.2) is 12.1 Å². The van der Waals surface area contributed by atoms with Gasteiger partial charge in [-0.15, -0.1) is 0 Å². The highest BCUT2D eigenvalue weighted by atomic mass is 16.7. The van der Waals surface area contributed by atoms with E-state index in [0.29, 0.717) is 17.5 Å². The van der Waals surface area contributed by atoms with Crippen LogP contribution in [-0.4, -0.2) is 34.7 Å². The molecule has 114 valence electrons. The number of ether oxygens (including phenoxy) is 1. The van der Waals surface area contributed by atoms with Crippen LogP contribution in [0.4, 0.5) is 10.5 Å². The van der Waals surface area contributed by atoms with Gasteiger partial charge in [-0.05, 0) is 38.9 Å². The summed E-state index contributed by atoms with van der Waals surface area (Å²) in [6.45, 7) is 2.70. The predicted molar refractivity (Wildman–Crippen MR) is 75.7 cm³/mol. The molecular weight excluding hydrogens is 276 g/mol. The zero-order valence-electron chi connectivity index (χ0n) is 12.0. The Bertz CT molecular complexity index is 573. The predicted octanol–water partition coefficient (Wildman–Crippen LogP) is 2.98. The number of nitrogens with zero attached hydrogens (tertiary/aromatic N) is 2. The molecule has 0 spiro atoms. The molecule has 2 rings (SSSR count). The monoisotopic (exact) mass is 294 g/mol. The van der Waals surface area contributed by atoms with Gasteiger partial charge in [0.2, 0.25) is 0 Å². The summed E-state index contributed by atoms with van der Waals surface area (Å²) in [5.41, 5.74) is 1.21. The Morgan fingerprint density at radius 1 is 1.57 bits per heavy atom. The number of hydrogen-bond acceptors (Lipinski definition) is 5. The SMILES string of the molecule is CCc1c([N+](=O)[O-])ccc(OC(=O)O)c1C1CCCN1C. The summed E-state index contributed by atoms with van der Waals surface area (Å²) >= 11 is 0. The first kappa shape index (κ1) is 15.2. The van der Waals surface area contributed by atoms with Crippen molar-refractivity contribution in [1.29, 1.82) is 0 Å². The smallest absolute Gasteiger partial charge is 0.449 e. The van der Waals surface area contributed by atoms with Crippen molar-refractivity contribution >= 4 is 11.8 Å². The van der Waals surface area contributed by atoms with Crippen molar-refractivity contribution in [2.45, 2.75) is 32.2 Å². The van der Waals surface area contributed by atoms with Gasteiger partial charge in [-0.2, -0.15) is 0 Å². The van der Waals surface area contributed by atoms with Gasteiger partial charge >= 0.3 is 6.16 Å². The summed E-state index contributed by atoms with van der Waals surface area (Å²) in [7, 11) is 1.93. The Balaban J connectivity index is 2.61. The lowest BCUT2D eigenvalue weighted by molar-refractivity contribution is -0.385. The third-order valence-corrected chi connectivity index (χ3v) is 3.89. The molecule has 0 aliphatic carbocycles. The van der Waals surface area contributed by atoms with Gasteiger partial charge in [-0.25, -0.2) is 4.79 Å². The highest BCUT2D eigenvalue weighted by molar-refractivity contribution is 5.64. The Labute approximate surface area is 122 Å². The third kappa shape index (κ3) is 2.97. The Hall–Kier alpha value is -2.15. The molecular formula is C14H18N2O5. The van der Waals surface area contributed by atoms with E-state index in [2.05, 4.69) is 4.90 Å².